The van der Waals surface area contributed by atoms with E-state index in [1.165, 1.54) is 0 Å². The summed E-state index contributed by atoms with van der Waals surface area (Å²) in [4.78, 5) is 36.6. The van der Waals surface area contributed by atoms with Gasteiger partial charge in [-0.25, -0.2) is 9.97 Å². The number of hydrogen-bond acceptors (Lipinski definition) is 6. The Morgan fingerprint density at radius 3 is 2.55 bits per heavy atom. The Balaban J connectivity index is 0.000000941. The number of pyridine rings is 1. The molecule has 0 aromatic carbocycles. The minimum atomic E-state index is -0.250. The molecule has 0 aliphatic heterocycles. The molecule has 2 aromatic rings. The predicted octanol–water partition coefficient (Wildman–Crippen LogP) is 2.39. The molecular weight excluding hydrogens is 370 g/mol. The number of aryl methyl sites for hydroxylation is 2. The summed E-state index contributed by atoms with van der Waals surface area (Å²) in [5.41, 5.74) is 3.86. The van der Waals surface area contributed by atoms with Crippen molar-refractivity contribution in [2.75, 3.05) is 18.5 Å². The largest absolute Gasteiger partial charge is 0.483 e. The maximum atomic E-state index is 12.3. The minimum Gasteiger partial charge on any atom is -0.483 e. The van der Waals surface area contributed by atoms with E-state index in [0.29, 0.717) is 5.82 Å². The van der Waals surface area contributed by atoms with Gasteiger partial charge in [0.1, 0.15) is 11.5 Å². The zero-order valence-electron chi connectivity index (χ0n) is 17.7. The van der Waals surface area contributed by atoms with Crippen molar-refractivity contribution in [3.63, 3.8) is 0 Å². The summed E-state index contributed by atoms with van der Waals surface area (Å²) >= 11 is 0. The summed E-state index contributed by atoms with van der Waals surface area (Å²) in [6.07, 6.45) is 4.80. The number of amides is 1. The lowest BCUT2D eigenvalue weighted by Gasteiger charge is -2.25. The van der Waals surface area contributed by atoms with Crippen LogP contribution in [0, 0.1) is 6.92 Å². The van der Waals surface area contributed by atoms with Gasteiger partial charge in [-0.2, -0.15) is 0 Å². The summed E-state index contributed by atoms with van der Waals surface area (Å²) in [5.74, 6) is 1.46. The average molecular weight is 399 g/mol. The molecule has 2 N–H and O–H groups in total. The van der Waals surface area contributed by atoms with Crippen LogP contribution < -0.4 is 10.2 Å². The Bertz CT molecular complexity index is 860. The molecule has 1 amide bonds. The van der Waals surface area contributed by atoms with Gasteiger partial charge in [0.25, 0.3) is 6.47 Å². The molecule has 0 bridgehead atoms. The molecule has 0 fully saturated rings. The lowest BCUT2D eigenvalue weighted by Crippen LogP contribution is -2.45. The van der Waals surface area contributed by atoms with Crippen molar-refractivity contribution in [1.29, 1.82) is 0 Å². The maximum absolute atomic E-state index is 12.3. The Kier molecular flexibility index (Phi) is 7.25. The van der Waals surface area contributed by atoms with Crippen LogP contribution in [0.3, 0.4) is 0 Å². The summed E-state index contributed by atoms with van der Waals surface area (Å²) in [7, 11) is 1.91. The van der Waals surface area contributed by atoms with E-state index in [1.54, 1.807) is 0 Å². The third kappa shape index (κ3) is 6.23. The molecule has 8 heteroatoms. The van der Waals surface area contributed by atoms with E-state index >= 15 is 0 Å². The van der Waals surface area contributed by atoms with Gasteiger partial charge in [0.2, 0.25) is 5.91 Å². The first-order chi connectivity index (χ1) is 13.6. The number of rotatable bonds is 4. The highest BCUT2D eigenvalue weighted by Gasteiger charge is 2.24. The molecule has 29 heavy (non-hydrogen) atoms. The van der Waals surface area contributed by atoms with Gasteiger partial charge in [-0.1, -0.05) is 6.07 Å². The molecule has 0 saturated carbocycles. The highest BCUT2D eigenvalue weighted by atomic mass is 16.3. The van der Waals surface area contributed by atoms with Crippen LogP contribution in [0.1, 0.15) is 44.0 Å². The molecule has 3 rings (SSSR count). The van der Waals surface area contributed by atoms with Gasteiger partial charge < -0.3 is 15.3 Å². The second-order valence-corrected chi connectivity index (χ2v) is 8.13. The quantitative estimate of drug-likeness (QED) is 0.760. The minimum absolute atomic E-state index is 0.0135. The fourth-order valence-electron chi connectivity index (χ4n) is 3.19. The molecule has 156 valence electrons. The molecule has 0 atom stereocenters. The van der Waals surface area contributed by atoms with E-state index < -0.39 is 0 Å². The maximum Gasteiger partial charge on any atom is 0.290 e. The Morgan fingerprint density at radius 2 is 1.97 bits per heavy atom. The molecular formula is C21H29N5O3. The summed E-state index contributed by atoms with van der Waals surface area (Å²) in [6.45, 7) is 7.96. The molecule has 0 spiro atoms. The molecule has 2 aromatic heterocycles. The first-order valence-corrected chi connectivity index (χ1v) is 9.57. The summed E-state index contributed by atoms with van der Waals surface area (Å²) < 4.78 is 0. The van der Waals surface area contributed by atoms with E-state index in [0.717, 1.165) is 47.6 Å². The predicted molar refractivity (Wildman–Crippen MR) is 112 cm³/mol. The molecule has 0 saturated heterocycles. The number of nitrogens with zero attached hydrogens (tertiary/aromatic N) is 4. The van der Waals surface area contributed by atoms with Gasteiger partial charge in [-0.05, 0) is 58.6 Å². The van der Waals surface area contributed by atoms with Crippen molar-refractivity contribution < 1.29 is 14.7 Å². The normalized spacial score (nSPS) is 12.4. The third-order valence-electron chi connectivity index (χ3n) is 4.31. The molecule has 8 nitrogen and oxygen atoms in total. The number of carbonyl (C=O) groups is 2. The van der Waals surface area contributed by atoms with Crippen LogP contribution in [-0.4, -0.2) is 51.6 Å². The van der Waals surface area contributed by atoms with Crippen LogP contribution in [0.5, 0.6) is 0 Å². The smallest absolute Gasteiger partial charge is 0.290 e. The van der Waals surface area contributed by atoms with Crippen LogP contribution in [0.4, 0.5) is 5.82 Å². The van der Waals surface area contributed by atoms with Crippen LogP contribution in [-0.2, 0) is 22.4 Å². The van der Waals surface area contributed by atoms with Crippen LogP contribution >= 0.6 is 0 Å². The Hall–Kier alpha value is -3.03. The fraction of sp³-hybridized carbons (Fsp3) is 0.476. The van der Waals surface area contributed by atoms with E-state index in [-0.39, 0.29) is 24.5 Å². The number of carboxylic acid groups (broad SMARTS) is 1. The van der Waals surface area contributed by atoms with Crippen LogP contribution in [0.2, 0.25) is 0 Å². The van der Waals surface area contributed by atoms with E-state index in [4.69, 9.17) is 19.9 Å². The second-order valence-electron chi connectivity index (χ2n) is 8.13. The number of anilines is 1. The first kappa shape index (κ1) is 22.3. The number of fused-ring (bicyclic) bond motifs is 1. The standard InChI is InChI=1S/C20H27N5O.CH2O2/c1-13-9-10-16(21-11-13)18-22-15-8-6-7-14(15)19(23-18)25(5)12-17(26)24-20(2,3)4;2-1-3/h9-11H,6-8,12H2,1-5H3,(H,24,26);1H,(H,2,3). The van der Waals surface area contributed by atoms with Gasteiger partial charge >= 0.3 is 0 Å². The van der Waals surface area contributed by atoms with Crippen molar-refractivity contribution in [3.05, 3.63) is 35.2 Å². The highest BCUT2D eigenvalue weighted by molar-refractivity contribution is 5.82. The SMILES string of the molecule is Cc1ccc(-c2nc3c(c(N(C)CC(=O)NC(C)(C)C)n2)CCC3)nc1.O=CO. The Labute approximate surface area is 171 Å². The number of likely N-dealkylation sites (N-methyl/N-ethyl adjacent to an activating group) is 1. The average Bonchev–Trinajstić information content (AvgIpc) is 3.09. The van der Waals surface area contributed by atoms with Gasteiger partial charge in [0.15, 0.2) is 5.82 Å². The molecule has 1 aliphatic carbocycles. The van der Waals surface area contributed by atoms with Crippen LogP contribution in [0.25, 0.3) is 11.5 Å². The summed E-state index contributed by atoms with van der Waals surface area (Å²) in [6, 6.07) is 3.96. The molecule has 0 unspecified atom stereocenters. The number of aromatic nitrogens is 3. The lowest BCUT2D eigenvalue weighted by molar-refractivity contribution is -0.123. The zero-order valence-corrected chi connectivity index (χ0v) is 17.7. The van der Waals surface area contributed by atoms with Crippen molar-refractivity contribution in [3.8, 4) is 11.5 Å². The van der Waals surface area contributed by atoms with Gasteiger partial charge in [-0.3, -0.25) is 14.6 Å². The Morgan fingerprint density at radius 1 is 1.28 bits per heavy atom. The lowest BCUT2D eigenvalue weighted by atomic mass is 10.1. The van der Waals surface area contributed by atoms with Gasteiger partial charge in [0, 0.05) is 30.0 Å². The second kappa shape index (κ2) is 9.45. The number of nitrogens with one attached hydrogen (secondary N) is 1. The van der Waals surface area contributed by atoms with E-state index in [2.05, 4.69) is 10.3 Å². The van der Waals surface area contributed by atoms with Crippen molar-refractivity contribution in [2.45, 2.75) is 52.5 Å². The van der Waals surface area contributed by atoms with E-state index in [1.807, 2.05) is 58.0 Å². The monoisotopic (exact) mass is 399 g/mol. The van der Waals surface area contributed by atoms with Gasteiger partial charge in [0.05, 0.1) is 6.54 Å². The van der Waals surface area contributed by atoms with E-state index in [9.17, 15) is 4.79 Å². The topological polar surface area (TPSA) is 108 Å². The molecule has 0 radical (unpaired) electrons. The van der Waals surface area contributed by atoms with Crippen LogP contribution in [0.15, 0.2) is 18.3 Å². The number of carbonyl (C=O) groups excluding carboxylic acids is 1. The number of hydrogen-bond donors (Lipinski definition) is 2. The highest BCUT2D eigenvalue weighted by Crippen LogP contribution is 2.30. The zero-order chi connectivity index (χ0) is 21.6. The summed E-state index contributed by atoms with van der Waals surface area (Å²) in [5, 5.41) is 9.89. The van der Waals surface area contributed by atoms with Crippen molar-refractivity contribution >= 4 is 18.2 Å². The molecule has 1 aliphatic rings. The molecule has 2 heterocycles. The third-order valence-corrected chi connectivity index (χ3v) is 4.31. The van der Waals surface area contributed by atoms with Crippen molar-refractivity contribution in [2.24, 2.45) is 0 Å². The van der Waals surface area contributed by atoms with Crippen molar-refractivity contribution in [1.82, 2.24) is 20.3 Å². The van der Waals surface area contributed by atoms with Gasteiger partial charge in [-0.15, -0.1) is 0 Å². The first-order valence-electron chi connectivity index (χ1n) is 9.57. The fourth-order valence-corrected chi connectivity index (χ4v) is 3.19.